The van der Waals surface area contributed by atoms with Gasteiger partial charge < -0.3 is 10.0 Å². The number of aliphatic hydroxyl groups is 1. The van der Waals surface area contributed by atoms with Crippen LogP contribution in [0.4, 0.5) is 0 Å². The van der Waals surface area contributed by atoms with Gasteiger partial charge in [0.25, 0.3) is 0 Å². The first-order valence-corrected chi connectivity index (χ1v) is 4.91. The molecule has 15 heavy (non-hydrogen) atoms. The Labute approximate surface area is 89.6 Å². The predicted octanol–water partition coefficient (Wildman–Crippen LogP) is 0.463. The van der Waals surface area contributed by atoms with Crippen molar-refractivity contribution in [3.8, 4) is 0 Å². The lowest BCUT2D eigenvalue weighted by Gasteiger charge is -2.22. The molecule has 1 unspecified atom stereocenters. The van der Waals surface area contributed by atoms with Crippen LogP contribution in [0.2, 0.25) is 0 Å². The summed E-state index contributed by atoms with van der Waals surface area (Å²) >= 11 is 0. The number of carbonyl (C=O) groups excluding carboxylic acids is 1. The van der Waals surface area contributed by atoms with E-state index in [1.54, 1.807) is 20.2 Å². The van der Waals surface area contributed by atoms with Gasteiger partial charge in [0.05, 0.1) is 19.1 Å². The number of carbonyl (C=O) groups is 1. The smallest absolute Gasteiger partial charge is 0.228 e. The van der Waals surface area contributed by atoms with Gasteiger partial charge in [0, 0.05) is 18.9 Å². The summed E-state index contributed by atoms with van der Waals surface area (Å²) in [6, 6.07) is 5.33. The van der Waals surface area contributed by atoms with Crippen LogP contribution in [0.3, 0.4) is 0 Å². The first-order chi connectivity index (χ1) is 7.15. The molecule has 0 aliphatic rings. The van der Waals surface area contributed by atoms with Crippen molar-refractivity contribution in [2.45, 2.75) is 19.4 Å². The lowest BCUT2D eigenvalue weighted by Crippen LogP contribution is -2.38. The van der Waals surface area contributed by atoms with Gasteiger partial charge >= 0.3 is 0 Å². The second-order valence-electron chi connectivity index (χ2n) is 3.53. The summed E-state index contributed by atoms with van der Waals surface area (Å²) in [5.41, 5.74) is 0.750. The lowest BCUT2D eigenvalue weighted by atomic mass is 10.2. The first kappa shape index (κ1) is 11.7. The average Bonchev–Trinajstić information content (AvgIpc) is 2.28. The summed E-state index contributed by atoms with van der Waals surface area (Å²) in [6.45, 7) is 1.78. The summed E-state index contributed by atoms with van der Waals surface area (Å²) in [6.07, 6.45) is 1.94. The molecule has 0 saturated heterocycles. The topological polar surface area (TPSA) is 53.4 Å². The Kier molecular flexibility index (Phi) is 4.24. The van der Waals surface area contributed by atoms with Crippen LogP contribution in [0.1, 0.15) is 12.6 Å². The van der Waals surface area contributed by atoms with Crippen LogP contribution in [0.5, 0.6) is 0 Å². The molecule has 0 bridgehead atoms. The van der Waals surface area contributed by atoms with Gasteiger partial charge in [-0.2, -0.15) is 0 Å². The molecule has 0 aromatic carbocycles. The lowest BCUT2D eigenvalue weighted by molar-refractivity contribution is -0.131. The Hall–Kier alpha value is -1.42. The van der Waals surface area contributed by atoms with E-state index in [0.717, 1.165) is 5.69 Å². The molecule has 0 radical (unpaired) electrons. The number of hydrogen-bond acceptors (Lipinski definition) is 3. The van der Waals surface area contributed by atoms with E-state index in [2.05, 4.69) is 4.98 Å². The van der Waals surface area contributed by atoms with Crippen molar-refractivity contribution in [2.24, 2.45) is 0 Å². The highest BCUT2D eigenvalue weighted by molar-refractivity contribution is 5.78. The molecule has 1 N–H and O–H groups in total. The van der Waals surface area contributed by atoms with Gasteiger partial charge in [-0.15, -0.1) is 0 Å². The van der Waals surface area contributed by atoms with E-state index in [1.807, 2.05) is 18.2 Å². The summed E-state index contributed by atoms with van der Waals surface area (Å²) in [4.78, 5) is 17.3. The minimum Gasteiger partial charge on any atom is -0.394 e. The third kappa shape index (κ3) is 3.32. The van der Waals surface area contributed by atoms with Crippen LogP contribution in [-0.4, -0.2) is 40.6 Å². The van der Waals surface area contributed by atoms with Crippen LogP contribution in [0.15, 0.2) is 24.4 Å². The molecule has 0 spiro atoms. The molecule has 1 rings (SSSR count). The maximum Gasteiger partial charge on any atom is 0.228 e. The molecule has 1 heterocycles. The number of nitrogens with zero attached hydrogens (tertiary/aromatic N) is 2. The molecule has 1 amide bonds. The zero-order valence-electron chi connectivity index (χ0n) is 9.05. The molecule has 0 saturated carbocycles. The maximum absolute atomic E-state index is 11.7. The SMILES string of the molecule is CC(CO)N(C)C(=O)Cc1ccccn1. The third-order valence-electron chi connectivity index (χ3n) is 2.38. The Morgan fingerprint density at radius 1 is 1.60 bits per heavy atom. The molecule has 0 aliphatic heterocycles. The number of pyridine rings is 1. The van der Waals surface area contributed by atoms with Crippen molar-refractivity contribution in [1.29, 1.82) is 0 Å². The van der Waals surface area contributed by atoms with Crippen LogP contribution in [-0.2, 0) is 11.2 Å². The van der Waals surface area contributed by atoms with E-state index in [1.165, 1.54) is 4.90 Å². The van der Waals surface area contributed by atoms with Crippen molar-refractivity contribution in [2.75, 3.05) is 13.7 Å². The van der Waals surface area contributed by atoms with E-state index >= 15 is 0 Å². The standard InChI is InChI=1S/C11H16N2O2/c1-9(8-14)13(2)11(15)7-10-5-3-4-6-12-10/h3-6,9,14H,7-8H2,1-2H3. The quantitative estimate of drug-likeness (QED) is 0.782. The number of amides is 1. The first-order valence-electron chi connectivity index (χ1n) is 4.91. The van der Waals surface area contributed by atoms with E-state index in [0.29, 0.717) is 0 Å². The van der Waals surface area contributed by atoms with Gasteiger partial charge in [0.2, 0.25) is 5.91 Å². The summed E-state index contributed by atoms with van der Waals surface area (Å²) < 4.78 is 0. The monoisotopic (exact) mass is 208 g/mol. The number of rotatable bonds is 4. The fourth-order valence-corrected chi connectivity index (χ4v) is 1.15. The fourth-order valence-electron chi connectivity index (χ4n) is 1.15. The van der Waals surface area contributed by atoms with Crippen LogP contribution in [0, 0.1) is 0 Å². The molecule has 0 fully saturated rings. The molecular weight excluding hydrogens is 192 g/mol. The number of likely N-dealkylation sites (N-methyl/N-ethyl adjacent to an activating group) is 1. The number of aliphatic hydroxyl groups excluding tert-OH is 1. The maximum atomic E-state index is 11.7. The van der Waals surface area contributed by atoms with Gasteiger partial charge in [0.15, 0.2) is 0 Å². The van der Waals surface area contributed by atoms with Crippen LogP contribution < -0.4 is 0 Å². The minimum absolute atomic E-state index is 0.0234. The molecule has 0 aliphatic carbocycles. The van der Waals surface area contributed by atoms with Gasteiger partial charge in [-0.1, -0.05) is 6.07 Å². The van der Waals surface area contributed by atoms with Gasteiger partial charge in [-0.05, 0) is 19.1 Å². The molecule has 1 aromatic heterocycles. The molecule has 1 atom stereocenters. The van der Waals surface area contributed by atoms with Gasteiger partial charge in [-0.3, -0.25) is 9.78 Å². The van der Waals surface area contributed by atoms with E-state index in [9.17, 15) is 4.79 Å². The molecular formula is C11H16N2O2. The Balaban J connectivity index is 2.56. The number of hydrogen-bond donors (Lipinski definition) is 1. The highest BCUT2D eigenvalue weighted by Crippen LogP contribution is 2.01. The second kappa shape index (κ2) is 5.46. The van der Waals surface area contributed by atoms with E-state index in [4.69, 9.17) is 5.11 Å². The average molecular weight is 208 g/mol. The van der Waals surface area contributed by atoms with Crippen molar-refractivity contribution in [1.82, 2.24) is 9.88 Å². The predicted molar refractivity (Wildman–Crippen MR) is 57.3 cm³/mol. The van der Waals surface area contributed by atoms with Crippen molar-refractivity contribution >= 4 is 5.91 Å². The van der Waals surface area contributed by atoms with E-state index in [-0.39, 0.29) is 25.0 Å². The minimum atomic E-state index is -0.152. The largest absolute Gasteiger partial charge is 0.394 e. The summed E-state index contributed by atoms with van der Waals surface area (Å²) in [5, 5.41) is 8.91. The van der Waals surface area contributed by atoms with E-state index < -0.39 is 0 Å². The van der Waals surface area contributed by atoms with Gasteiger partial charge in [0.1, 0.15) is 0 Å². The highest BCUT2D eigenvalue weighted by atomic mass is 16.3. The van der Waals surface area contributed by atoms with Gasteiger partial charge in [-0.25, -0.2) is 0 Å². The Morgan fingerprint density at radius 3 is 2.87 bits per heavy atom. The van der Waals surface area contributed by atoms with Crippen LogP contribution in [0.25, 0.3) is 0 Å². The molecule has 4 heteroatoms. The zero-order chi connectivity index (χ0) is 11.3. The summed E-state index contributed by atoms with van der Waals surface area (Å²) in [5.74, 6) is -0.0322. The molecule has 1 aromatic rings. The Bertz CT molecular complexity index is 314. The molecule has 4 nitrogen and oxygen atoms in total. The Morgan fingerprint density at radius 2 is 2.33 bits per heavy atom. The van der Waals surface area contributed by atoms with Crippen molar-refractivity contribution < 1.29 is 9.90 Å². The third-order valence-corrected chi connectivity index (χ3v) is 2.38. The highest BCUT2D eigenvalue weighted by Gasteiger charge is 2.15. The second-order valence-corrected chi connectivity index (χ2v) is 3.53. The molecule has 82 valence electrons. The fraction of sp³-hybridized carbons (Fsp3) is 0.455. The van der Waals surface area contributed by atoms with Crippen molar-refractivity contribution in [3.05, 3.63) is 30.1 Å². The van der Waals surface area contributed by atoms with Crippen molar-refractivity contribution in [3.63, 3.8) is 0 Å². The summed E-state index contributed by atoms with van der Waals surface area (Å²) in [7, 11) is 1.69. The zero-order valence-corrected chi connectivity index (χ0v) is 9.05. The number of aromatic nitrogens is 1. The normalized spacial score (nSPS) is 12.2. The van der Waals surface area contributed by atoms with Crippen LogP contribution >= 0.6 is 0 Å².